The van der Waals surface area contributed by atoms with Gasteiger partial charge in [-0.15, -0.1) is 0 Å². The first-order chi connectivity index (χ1) is 17.7. The molecule has 1 aliphatic heterocycles. The molecule has 11 heteroatoms. The third-order valence-electron chi connectivity index (χ3n) is 6.05. The van der Waals surface area contributed by atoms with E-state index in [4.69, 9.17) is 4.74 Å². The molecular formula is C26H29N3O6S2. The molecule has 1 aliphatic rings. The quantitative estimate of drug-likeness (QED) is 0.437. The normalized spacial score (nSPS) is 14.5. The van der Waals surface area contributed by atoms with Gasteiger partial charge < -0.3 is 9.64 Å². The van der Waals surface area contributed by atoms with E-state index in [0.29, 0.717) is 24.5 Å². The molecule has 3 aromatic rings. The molecule has 0 radical (unpaired) electrons. The number of sulfonamides is 2. The van der Waals surface area contributed by atoms with Crippen LogP contribution < -0.4 is 14.2 Å². The van der Waals surface area contributed by atoms with Crippen molar-refractivity contribution in [2.75, 3.05) is 29.6 Å². The summed E-state index contributed by atoms with van der Waals surface area (Å²) in [6.45, 7) is 1.23. The number of rotatable bonds is 8. The van der Waals surface area contributed by atoms with Crippen molar-refractivity contribution in [3.63, 3.8) is 0 Å². The third kappa shape index (κ3) is 6.41. The summed E-state index contributed by atoms with van der Waals surface area (Å²) >= 11 is 0. The highest BCUT2D eigenvalue weighted by molar-refractivity contribution is 7.93. The molecule has 1 heterocycles. The molecule has 0 saturated carbocycles. The standard InChI is InChI=1S/C26H29N3O6S2/c1-35-25-16-15-23(19-24(25)26(30)29-17-7-2-3-8-18-29)37(33,34)28-21-11-13-22(14-12-21)36(31,32)27-20-9-5-4-6-10-20/h4-6,9-16,19,27-28H,2-3,7-8,17-18H2,1H3. The summed E-state index contributed by atoms with van der Waals surface area (Å²) in [7, 11) is -6.48. The molecule has 0 unspecified atom stereocenters. The zero-order chi connectivity index (χ0) is 26.5. The van der Waals surface area contributed by atoms with Gasteiger partial charge in [0.2, 0.25) is 0 Å². The van der Waals surface area contributed by atoms with Crippen molar-refractivity contribution >= 4 is 37.3 Å². The van der Waals surface area contributed by atoms with E-state index in [1.165, 1.54) is 49.6 Å². The lowest BCUT2D eigenvalue weighted by Gasteiger charge is -2.22. The number of para-hydroxylation sites is 1. The fraction of sp³-hybridized carbons (Fsp3) is 0.269. The van der Waals surface area contributed by atoms with Crippen LogP contribution in [-0.4, -0.2) is 47.8 Å². The molecule has 9 nitrogen and oxygen atoms in total. The van der Waals surface area contributed by atoms with Crippen LogP contribution in [0.15, 0.2) is 82.6 Å². The second-order valence-electron chi connectivity index (χ2n) is 8.67. The van der Waals surface area contributed by atoms with Crippen LogP contribution in [-0.2, 0) is 20.0 Å². The molecule has 4 rings (SSSR count). The Labute approximate surface area is 217 Å². The second kappa shape index (κ2) is 11.2. The fourth-order valence-corrected chi connectivity index (χ4v) is 6.25. The van der Waals surface area contributed by atoms with Crippen LogP contribution in [0.4, 0.5) is 11.4 Å². The van der Waals surface area contributed by atoms with E-state index >= 15 is 0 Å². The number of benzene rings is 3. The highest BCUT2D eigenvalue weighted by Crippen LogP contribution is 2.27. The van der Waals surface area contributed by atoms with Crippen molar-refractivity contribution in [3.8, 4) is 5.75 Å². The summed E-state index contributed by atoms with van der Waals surface area (Å²) in [5.41, 5.74) is 0.771. The van der Waals surface area contributed by atoms with Crippen molar-refractivity contribution in [3.05, 3.63) is 78.4 Å². The summed E-state index contributed by atoms with van der Waals surface area (Å²) in [5.74, 6) is 0.0324. The van der Waals surface area contributed by atoms with Gasteiger partial charge in [-0.25, -0.2) is 16.8 Å². The van der Waals surface area contributed by atoms with Crippen LogP contribution >= 0.6 is 0 Å². The first kappa shape index (κ1) is 26.5. The number of carbonyl (C=O) groups is 1. The number of anilines is 2. The number of nitrogens with zero attached hydrogens (tertiary/aromatic N) is 1. The molecule has 1 saturated heterocycles. The maximum atomic E-state index is 13.2. The molecule has 1 fully saturated rings. The Bertz CT molecular complexity index is 1450. The van der Waals surface area contributed by atoms with Gasteiger partial charge in [-0.1, -0.05) is 31.0 Å². The van der Waals surface area contributed by atoms with E-state index in [1.54, 1.807) is 35.2 Å². The zero-order valence-corrected chi connectivity index (χ0v) is 22.0. The van der Waals surface area contributed by atoms with Gasteiger partial charge in [0.25, 0.3) is 26.0 Å². The van der Waals surface area contributed by atoms with E-state index in [2.05, 4.69) is 9.44 Å². The number of likely N-dealkylation sites (tertiary alicyclic amines) is 1. The average molecular weight is 544 g/mol. The summed E-state index contributed by atoms with van der Waals surface area (Å²) in [6.07, 6.45) is 3.92. The highest BCUT2D eigenvalue weighted by atomic mass is 32.2. The predicted octanol–water partition coefficient (Wildman–Crippen LogP) is 4.31. The molecule has 0 spiro atoms. The van der Waals surface area contributed by atoms with Gasteiger partial charge in [-0.2, -0.15) is 0 Å². The van der Waals surface area contributed by atoms with Gasteiger partial charge in [0, 0.05) is 24.5 Å². The third-order valence-corrected chi connectivity index (χ3v) is 8.82. The topological polar surface area (TPSA) is 122 Å². The van der Waals surface area contributed by atoms with E-state index in [0.717, 1.165) is 25.7 Å². The number of nitrogens with one attached hydrogen (secondary N) is 2. The molecule has 0 bridgehead atoms. The Morgan fingerprint density at radius 1 is 0.730 bits per heavy atom. The predicted molar refractivity (Wildman–Crippen MR) is 142 cm³/mol. The van der Waals surface area contributed by atoms with E-state index in [-0.39, 0.29) is 26.9 Å². The molecule has 0 aromatic heterocycles. The SMILES string of the molecule is COc1ccc(S(=O)(=O)Nc2ccc(S(=O)(=O)Nc3ccccc3)cc2)cc1C(=O)N1CCCCCC1. The summed E-state index contributed by atoms with van der Waals surface area (Å²) in [4.78, 5) is 14.8. The number of methoxy groups -OCH3 is 1. The number of carbonyl (C=O) groups excluding carboxylic acids is 1. The Morgan fingerprint density at radius 3 is 1.86 bits per heavy atom. The smallest absolute Gasteiger partial charge is 0.261 e. The van der Waals surface area contributed by atoms with E-state index < -0.39 is 20.0 Å². The van der Waals surface area contributed by atoms with Crippen molar-refractivity contribution in [2.45, 2.75) is 35.5 Å². The van der Waals surface area contributed by atoms with Crippen LogP contribution in [0, 0.1) is 0 Å². The van der Waals surface area contributed by atoms with Gasteiger partial charge in [0.15, 0.2) is 0 Å². The number of ether oxygens (including phenoxy) is 1. The van der Waals surface area contributed by atoms with Crippen LogP contribution in [0.25, 0.3) is 0 Å². The molecule has 0 aliphatic carbocycles. The van der Waals surface area contributed by atoms with Crippen LogP contribution in [0.5, 0.6) is 5.75 Å². The van der Waals surface area contributed by atoms with Gasteiger partial charge in [-0.05, 0) is 67.4 Å². The molecule has 3 aromatic carbocycles. The number of hydrogen-bond donors (Lipinski definition) is 2. The minimum absolute atomic E-state index is 0.0194. The molecular weight excluding hydrogens is 514 g/mol. The van der Waals surface area contributed by atoms with Crippen LogP contribution in [0.1, 0.15) is 36.0 Å². The second-order valence-corrected chi connectivity index (χ2v) is 12.0. The number of amides is 1. The first-order valence-electron chi connectivity index (χ1n) is 11.9. The Morgan fingerprint density at radius 2 is 1.27 bits per heavy atom. The van der Waals surface area contributed by atoms with Gasteiger partial charge in [-0.3, -0.25) is 14.2 Å². The molecule has 196 valence electrons. The Hall–Kier alpha value is -3.57. The monoisotopic (exact) mass is 543 g/mol. The lowest BCUT2D eigenvalue weighted by Crippen LogP contribution is -2.32. The van der Waals surface area contributed by atoms with Crippen LogP contribution in [0.2, 0.25) is 0 Å². The minimum Gasteiger partial charge on any atom is -0.496 e. The lowest BCUT2D eigenvalue weighted by atomic mass is 10.1. The molecule has 37 heavy (non-hydrogen) atoms. The van der Waals surface area contributed by atoms with E-state index in [1.807, 2.05) is 0 Å². The maximum absolute atomic E-state index is 13.2. The zero-order valence-electron chi connectivity index (χ0n) is 20.4. The van der Waals surface area contributed by atoms with Gasteiger partial charge in [0.05, 0.1) is 22.5 Å². The molecule has 2 N–H and O–H groups in total. The van der Waals surface area contributed by atoms with Gasteiger partial charge in [0.1, 0.15) is 5.75 Å². The maximum Gasteiger partial charge on any atom is 0.261 e. The van der Waals surface area contributed by atoms with E-state index in [9.17, 15) is 21.6 Å². The Kier molecular flexibility index (Phi) is 8.03. The molecule has 1 amide bonds. The van der Waals surface area contributed by atoms with Crippen molar-refractivity contribution < 1.29 is 26.4 Å². The summed E-state index contributed by atoms with van der Waals surface area (Å²) < 4.78 is 61.8. The largest absolute Gasteiger partial charge is 0.496 e. The summed E-state index contributed by atoms with van der Waals surface area (Å²) in [6, 6.07) is 17.9. The highest BCUT2D eigenvalue weighted by Gasteiger charge is 2.24. The van der Waals surface area contributed by atoms with Crippen molar-refractivity contribution in [1.82, 2.24) is 4.90 Å². The minimum atomic E-state index is -4.07. The van der Waals surface area contributed by atoms with Crippen molar-refractivity contribution in [2.24, 2.45) is 0 Å². The van der Waals surface area contributed by atoms with Gasteiger partial charge >= 0.3 is 0 Å². The first-order valence-corrected chi connectivity index (χ1v) is 14.8. The average Bonchev–Trinajstić information content (AvgIpc) is 3.18. The van der Waals surface area contributed by atoms with Crippen molar-refractivity contribution in [1.29, 1.82) is 0 Å². The summed E-state index contributed by atoms with van der Waals surface area (Å²) in [5, 5.41) is 0. The lowest BCUT2D eigenvalue weighted by molar-refractivity contribution is 0.0758. The fourth-order valence-electron chi connectivity index (χ4n) is 4.10. The number of hydrogen-bond acceptors (Lipinski definition) is 6. The van der Waals surface area contributed by atoms with Crippen LogP contribution in [0.3, 0.4) is 0 Å². The Balaban J connectivity index is 1.53. The molecule has 0 atom stereocenters.